The summed E-state index contributed by atoms with van der Waals surface area (Å²) in [5.74, 6) is -0.328. The summed E-state index contributed by atoms with van der Waals surface area (Å²) < 4.78 is 5.38. The SMILES string of the molecule is COC1=CC(=O)C(CC=C(C)C)(CC=C(C)C)C(=O)/C1=C(N)\C=C\c1ccccc1. The Labute approximate surface area is 179 Å². The fraction of sp³-hybridized carbons (Fsp3) is 0.308. The first-order chi connectivity index (χ1) is 14.2. The number of Topliss-reactive ketones (excluding diaryl/α,β-unsaturated/α-hetero) is 1. The van der Waals surface area contributed by atoms with Gasteiger partial charge in [0.15, 0.2) is 11.6 Å². The molecule has 0 radical (unpaired) electrons. The molecular weight excluding hydrogens is 374 g/mol. The normalized spacial score (nSPS) is 17.4. The monoisotopic (exact) mass is 405 g/mol. The highest BCUT2D eigenvalue weighted by Crippen LogP contribution is 2.41. The molecule has 0 saturated heterocycles. The smallest absolute Gasteiger partial charge is 0.183 e. The molecule has 0 amide bonds. The van der Waals surface area contributed by atoms with Crippen LogP contribution in [0.3, 0.4) is 0 Å². The standard InChI is InChI=1S/C26H31NO3/c1-18(2)13-15-26(16-14-19(3)4)23(28)17-22(30-5)24(25(26)29)21(27)12-11-20-9-7-6-8-10-20/h6-14,17H,15-16,27H2,1-5H3/b12-11+,24-21+. The third-order valence-corrected chi connectivity index (χ3v) is 5.12. The van der Waals surface area contributed by atoms with E-state index in [1.807, 2.05) is 76.3 Å². The van der Waals surface area contributed by atoms with Crippen LogP contribution in [0.2, 0.25) is 0 Å². The van der Waals surface area contributed by atoms with E-state index in [-0.39, 0.29) is 28.6 Å². The van der Waals surface area contributed by atoms with Gasteiger partial charge in [-0.05, 0) is 52.2 Å². The Morgan fingerprint density at radius 1 is 1.00 bits per heavy atom. The Bertz CT molecular complexity index is 931. The van der Waals surface area contributed by atoms with Gasteiger partial charge in [-0.1, -0.05) is 59.7 Å². The van der Waals surface area contributed by atoms with Crippen LogP contribution in [0.5, 0.6) is 0 Å². The number of rotatable bonds is 7. The van der Waals surface area contributed by atoms with E-state index < -0.39 is 5.41 Å². The first kappa shape index (κ1) is 23.1. The number of nitrogens with two attached hydrogens (primary N) is 1. The molecule has 158 valence electrons. The highest BCUT2D eigenvalue weighted by Gasteiger charge is 2.48. The maximum absolute atomic E-state index is 13.7. The Balaban J connectivity index is 2.61. The van der Waals surface area contributed by atoms with Crippen molar-refractivity contribution in [3.8, 4) is 0 Å². The number of ether oxygens (including phenoxy) is 1. The van der Waals surface area contributed by atoms with Crippen LogP contribution < -0.4 is 5.73 Å². The molecule has 0 heterocycles. The highest BCUT2D eigenvalue weighted by molar-refractivity contribution is 6.23. The van der Waals surface area contributed by atoms with Crippen molar-refractivity contribution in [2.24, 2.45) is 11.1 Å². The van der Waals surface area contributed by atoms with Crippen LogP contribution in [-0.4, -0.2) is 18.7 Å². The zero-order valence-electron chi connectivity index (χ0n) is 18.5. The van der Waals surface area contributed by atoms with Gasteiger partial charge in [0.05, 0.1) is 12.7 Å². The van der Waals surface area contributed by atoms with E-state index >= 15 is 0 Å². The molecule has 0 unspecified atom stereocenters. The van der Waals surface area contributed by atoms with Crippen molar-refractivity contribution in [2.45, 2.75) is 40.5 Å². The van der Waals surface area contributed by atoms with Crippen LogP contribution in [0.25, 0.3) is 6.08 Å². The average Bonchev–Trinajstić information content (AvgIpc) is 2.71. The molecule has 1 aliphatic rings. The van der Waals surface area contributed by atoms with Crippen LogP contribution in [0.1, 0.15) is 46.1 Å². The van der Waals surface area contributed by atoms with Gasteiger partial charge in [0, 0.05) is 11.8 Å². The van der Waals surface area contributed by atoms with Gasteiger partial charge in [0.25, 0.3) is 0 Å². The fourth-order valence-electron chi connectivity index (χ4n) is 3.29. The van der Waals surface area contributed by atoms with Gasteiger partial charge in [-0.3, -0.25) is 9.59 Å². The lowest BCUT2D eigenvalue weighted by atomic mass is 9.67. The number of hydrogen-bond donors (Lipinski definition) is 1. The summed E-state index contributed by atoms with van der Waals surface area (Å²) in [7, 11) is 1.44. The summed E-state index contributed by atoms with van der Waals surface area (Å²) in [6, 6.07) is 9.68. The third kappa shape index (κ3) is 5.26. The maximum atomic E-state index is 13.7. The van der Waals surface area contributed by atoms with Crippen molar-refractivity contribution in [2.75, 3.05) is 7.11 Å². The summed E-state index contributed by atoms with van der Waals surface area (Å²) >= 11 is 0. The summed E-state index contributed by atoms with van der Waals surface area (Å²) in [6.45, 7) is 7.82. The second kappa shape index (κ2) is 10.1. The predicted octanol–water partition coefficient (Wildman–Crippen LogP) is 5.29. The second-order valence-corrected chi connectivity index (χ2v) is 8.03. The first-order valence-corrected chi connectivity index (χ1v) is 10.1. The Morgan fingerprint density at radius 2 is 1.57 bits per heavy atom. The zero-order valence-corrected chi connectivity index (χ0v) is 18.5. The minimum Gasteiger partial charge on any atom is -0.496 e. The molecule has 1 aliphatic carbocycles. The van der Waals surface area contributed by atoms with Gasteiger partial charge >= 0.3 is 0 Å². The number of carbonyl (C=O) groups excluding carboxylic acids is 2. The molecule has 0 saturated carbocycles. The summed E-state index contributed by atoms with van der Waals surface area (Å²) in [4.78, 5) is 26.9. The Kier molecular flexibility index (Phi) is 7.76. The predicted molar refractivity (Wildman–Crippen MR) is 122 cm³/mol. The van der Waals surface area contributed by atoms with Crippen molar-refractivity contribution < 1.29 is 14.3 Å². The van der Waals surface area contributed by atoms with E-state index in [1.54, 1.807) is 6.08 Å². The van der Waals surface area contributed by atoms with E-state index in [0.717, 1.165) is 16.7 Å². The third-order valence-electron chi connectivity index (χ3n) is 5.12. The molecular formula is C26H31NO3. The van der Waals surface area contributed by atoms with Gasteiger partial charge in [-0.15, -0.1) is 0 Å². The number of benzene rings is 1. The average molecular weight is 406 g/mol. The minimum absolute atomic E-state index is 0.213. The van der Waals surface area contributed by atoms with Crippen LogP contribution in [0.4, 0.5) is 0 Å². The van der Waals surface area contributed by atoms with Crippen molar-refractivity contribution in [3.05, 3.63) is 88.4 Å². The first-order valence-electron chi connectivity index (χ1n) is 10.1. The number of allylic oxidation sites excluding steroid dienone is 7. The molecule has 0 fully saturated rings. The number of methoxy groups -OCH3 is 1. The molecule has 2 N–H and O–H groups in total. The summed E-state index contributed by atoms with van der Waals surface area (Å²) in [5, 5.41) is 0. The maximum Gasteiger partial charge on any atom is 0.183 e. The number of hydrogen-bond acceptors (Lipinski definition) is 4. The fourth-order valence-corrected chi connectivity index (χ4v) is 3.29. The molecule has 4 nitrogen and oxygen atoms in total. The quantitative estimate of drug-likeness (QED) is 0.380. The molecule has 1 aromatic rings. The van der Waals surface area contributed by atoms with Crippen molar-refractivity contribution >= 4 is 17.6 Å². The molecule has 4 heteroatoms. The van der Waals surface area contributed by atoms with E-state index in [0.29, 0.717) is 12.8 Å². The molecule has 2 rings (SSSR count). The van der Waals surface area contributed by atoms with Gasteiger partial charge < -0.3 is 10.5 Å². The Hall–Kier alpha value is -3.14. The molecule has 0 bridgehead atoms. The van der Waals surface area contributed by atoms with Gasteiger partial charge in [-0.25, -0.2) is 0 Å². The lowest BCUT2D eigenvalue weighted by Crippen LogP contribution is -2.43. The van der Waals surface area contributed by atoms with Crippen LogP contribution >= 0.6 is 0 Å². The summed E-state index contributed by atoms with van der Waals surface area (Å²) in [5.41, 5.74) is 8.73. The van der Waals surface area contributed by atoms with E-state index in [1.165, 1.54) is 13.2 Å². The zero-order chi connectivity index (χ0) is 22.3. The lowest BCUT2D eigenvalue weighted by molar-refractivity contribution is -0.136. The van der Waals surface area contributed by atoms with Gasteiger partial charge in [0.2, 0.25) is 0 Å². The summed E-state index contributed by atoms with van der Waals surface area (Å²) in [6.07, 6.45) is 9.47. The molecule has 0 atom stereocenters. The molecule has 0 aliphatic heterocycles. The molecule has 1 aromatic carbocycles. The number of ketones is 2. The molecule has 30 heavy (non-hydrogen) atoms. The molecule has 0 spiro atoms. The second-order valence-electron chi connectivity index (χ2n) is 8.03. The molecule has 0 aromatic heterocycles. The van der Waals surface area contributed by atoms with Gasteiger partial charge in [-0.2, -0.15) is 0 Å². The Morgan fingerprint density at radius 3 is 2.07 bits per heavy atom. The van der Waals surface area contributed by atoms with Crippen molar-refractivity contribution in [3.63, 3.8) is 0 Å². The number of carbonyl (C=O) groups is 2. The van der Waals surface area contributed by atoms with E-state index in [9.17, 15) is 9.59 Å². The van der Waals surface area contributed by atoms with Crippen LogP contribution in [0.15, 0.2) is 82.8 Å². The topological polar surface area (TPSA) is 69.4 Å². The lowest BCUT2D eigenvalue weighted by Gasteiger charge is -2.33. The van der Waals surface area contributed by atoms with Crippen LogP contribution in [-0.2, 0) is 14.3 Å². The highest BCUT2D eigenvalue weighted by atomic mass is 16.5. The minimum atomic E-state index is -1.21. The van der Waals surface area contributed by atoms with E-state index in [4.69, 9.17) is 10.5 Å². The van der Waals surface area contributed by atoms with Gasteiger partial charge in [0.1, 0.15) is 11.2 Å². The van der Waals surface area contributed by atoms with Crippen LogP contribution in [0, 0.1) is 5.41 Å². The van der Waals surface area contributed by atoms with E-state index in [2.05, 4.69) is 0 Å². The van der Waals surface area contributed by atoms with Crippen molar-refractivity contribution in [1.29, 1.82) is 0 Å². The largest absolute Gasteiger partial charge is 0.496 e. The van der Waals surface area contributed by atoms with Crippen molar-refractivity contribution in [1.82, 2.24) is 0 Å².